The van der Waals surface area contributed by atoms with Crippen molar-refractivity contribution in [2.24, 2.45) is 12.0 Å². The highest BCUT2D eigenvalue weighted by Gasteiger charge is 2.09. The standard InChI is InChI=1S/C19H25N7/c1-14-18(15(2)25(4)24-14)13-22-19(20-3)21-12-16-6-8-17(9-7-16)26-11-5-10-23-26/h5-11H,12-13H2,1-4H3,(H2,20,21,22). The number of aromatic nitrogens is 4. The average molecular weight is 351 g/mol. The van der Waals surface area contributed by atoms with E-state index in [0.29, 0.717) is 13.1 Å². The number of aryl methyl sites for hydroxylation is 2. The molecule has 3 rings (SSSR count). The van der Waals surface area contributed by atoms with Crippen molar-refractivity contribution in [3.05, 3.63) is 65.2 Å². The second-order valence-electron chi connectivity index (χ2n) is 6.17. The van der Waals surface area contributed by atoms with E-state index in [1.54, 1.807) is 13.2 Å². The van der Waals surface area contributed by atoms with Crippen LogP contribution in [0.15, 0.2) is 47.7 Å². The van der Waals surface area contributed by atoms with E-state index in [2.05, 4.69) is 57.0 Å². The summed E-state index contributed by atoms with van der Waals surface area (Å²) in [7, 11) is 3.74. The molecule has 136 valence electrons. The van der Waals surface area contributed by atoms with Crippen LogP contribution in [0.3, 0.4) is 0 Å². The number of hydrogen-bond donors (Lipinski definition) is 2. The van der Waals surface area contributed by atoms with Crippen molar-refractivity contribution < 1.29 is 0 Å². The molecule has 7 nitrogen and oxygen atoms in total. The average Bonchev–Trinajstić information content (AvgIpc) is 3.26. The van der Waals surface area contributed by atoms with Gasteiger partial charge in [-0.2, -0.15) is 10.2 Å². The molecule has 2 N–H and O–H groups in total. The van der Waals surface area contributed by atoms with Gasteiger partial charge in [0.2, 0.25) is 0 Å². The number of benzene rings is 1. The maximum atomic E-state index is 4.45. The van der Waals surface area contributed by atoms with Crippen LogP contribution in [0.4, 0.5) is 0 Å². The zero-order valence-corrected chi connectivity index (χ0v) is 15.7. The quantitative estimate of drug-likeness (QED) is 0.545. The number of guanidine groups is 1. The Labute approximate surface area is 153 Å². The zero-order chi connectivity index (χ0) is 18.5. The summed E-state index contributed by atoms with van der Waals surface area (Å²) in [5.74, 6) is 0.767. The Hall–Kier alpha value is -3.09. The first kappa shape index (κ1) is 17.7. The van der Waals surface area contributed by atoms with Gasteiger partial charge in [0.1, 0.15) is 0 Å². The molecule has 1 aromatic carbocycles. The smallest absolute Gasteiger partial charge is 0.191 e. The zero-order valence-electron chi connectivity index (χ0n) is 15.7. The molecule has 0 aliphatic carbocycles. The van der Waals surface area contributed by atoms with Crippen molar-refractivity contribution in [3.8, 4) is 5.69 Å². The lowest BCUT2D eigenvalue weighted by atomic mass is 10.2. The van der Waals surface area contributed by atoms with Crippen LogP contribution in [0.1, 0.15) is 22.5 Å². The van der Waals surface area contributed by atoms with Crippen LogP contribution in [-0.4, -0.2) is 32.6 Å². The van der Waals surface area contributed by atoms with E-state index in [1.165, 1.54) is 16.8 Å². The third-order valence-electron chi connectivity index (χ3n) is 4.48. The molecule has 0 unspecified atom stereocenters. The molecule has 3 aromatic rings. The minimum atomic E-state index is 0.698. The predicted octanol–water partition coefficient (Wildman–Crippen LogP) is 2.09. The third kappa shape index (κ3) is 3.93. The van der Waals surface area contributed by atoms with Crippen molar-refractivity contribution in [1.82, 2.24) is 30.2 Å². The Kier molecular flexibility index (Phi) is 5.36. The molecule has 0 amide bonds. The van der Waals surface area contributed by atoms with Crippen molar-refractivity contribution in [3.63, 3.8) is 0 Å². The van der Waals surface area contributed by atoms with Crippen LogP contribution in [0.5, 0.6) is 0 Å². The summed E-state index contributed by atoms with van der Waals surface area (Å²) < 4.78 is 3.75. The van der Waals surface area contributed by atoms with E-state index < -0.39 is 0 Å². The van der Waals surface area contributed by atoms with Gasteiger partial charge in [0, 0.05) is 50.8 Å². The molecule has 7 heteroatoms. The summed E-state index contributed by atoms with van der Waals surface area (Å²) >= 11 is 0. The lowest BCUT2D eigenvalue weighted by Crippen LogP contribution is -2.36. The Bertz CT molecular complexity index is 874. The molecular weight excluding hydrogens is 326 g/mol. The Morgan fingerprint density at radius 1 is 1.12 bits per heavy atom. The summed E-state index contributed by atoms with van der Waals surface area (Å²) in [5, 5.41) is 15.4. The van der Waals surface area contributed by atoms with Crippen LogP contribution in [0.25, 0.3) is 5.69 Å². The van der Waals surface area contributed by atoms with Crippen LogP contribution in [0.2, 0.25) is 0 Å². The van der Waals surface area contributed by atoms with Crippen molar-refractivity contribution in [2.45, 2.75) is 26.9 Å². The molecule has 2 aromatic heterocycles. The topological polar surface area (TPSA) is 72.1 Å². The molecule has 0 fully saturated rings. The molecule has 0 aliphatic rings. The molecular formula is C19H25N7. The molecule has 0 saturated carbocycles. The fourth-order valence-electron chi connectivity index (χ4n) is 2.84. The molecule has 0 aliphatic heterocycles. The van der Waals surface area contributed by atoms with E-state index in [9.17, 15) is 0 Å². The lowest BCUT2D eigenvalue weighted by Gasteiger charge is -2.12. The highest BCUT2D eigenvalue weighted by molar-refractivity contribution is 5.79. The number of aliphatic imine (C=N–C) groups is 1. The van der Waals surface area contributed by atoms with Crippen molar-refractivity contribution in [1.29, 1.82) is 0 Å². The second kappa shape index (κ2) is 7.86. The van der Waals surface area contributed by atoms with Gasteiger partial charge in [0.15, 0.2) is 5.96 Å². The summed E-state index contributed by atoms with van der Waals surface area (Å²) in [5.41, 5.74) is 5.64. The van der Waals surface area contributed by atoms with Gasteiger partial charge in [-0.1, -0.05) is 12.1 Å². The minimum Gasteiger partial charge on any atom is -0.352 e. The van der Waals surface area contributed by atoms with Crippen molar-refractivity contribution >= 4 is 5.96 Å². The largest absolute Gasteiger partial charge is 0.352 e. The summed E-state index contributed by atoms with van der Waals surface area (Å²) in [6.07, 6.45) is 3.71. The van der Waals surface area contributed by atoms with Crippen LogP contribution < -0.4 is 10.6 Å². The van der Waals surface area contributed by atoms with Gasteiger partial charge in [0.05, 0.1) is 11.4 Å². The van der Waals surface area contributed by atoms with Gasteiger partial charge < -0.3 is 10.6 Å². The van der Waals surface area contributed by atoms with Gasteiger partial charge in [0.25, 0.3) is 0 Å². The first-order valence-electron chi connectivity index (χ1n) is 8.61. The van der Waals surface area contributed by atoms with E-state index in [4.69, 9.17) is 0 Å². The Balaban J connectivity index is 1.56. The van der Waals surface area contributed by atoms with Gasteiger partial charge in [-0.3, -0.25) is 9.67 Å². The van der Waals surface area contributed by atoms with Crippen LogP contribution in [-0.2, 0) is 20.1 Å². The fraction of sp³-hybridized carbons (Fsp3) is 0.316. The van der Waals surface area contributed by atoms with Gasteiger partial charge in [-0.05, 0) is 37.6 Å². The van der Waals surface area contributed by atoms with Crippen molar-refractivity contribution in [2.75, 3.05) is 7.05 Å². The molecule has 2 heterocycles. The first-order chi connectivity index (χ1) is 12.6. The Morgan fingerprint density at radius 3 is 2.42 bits per heavy atom. The molecule has 0 bridgehead atoms. The summed E-state index contributed by atoms with van der Waals surface area (Å²) in [4.78, 5) is 4.30. The predicted molar refractivity (Wildman–Crippen MR) is 103 cm³/mol. The Morgan fingerprint density at radius 2 is 1.85 bits per heavy atom. The minimum absolute atomic E-state index is 0.698. The molecule has 0 saturated heterocycles. The van der Waals surface area contributed by atoms with Crippen LogP contribution >= 0.6 is 0 Å². The fourth-order valence-corrected chi connectivity index (χ4v) is 2.84. The number of nitrogens with one attached hydrogen (secondary N) is 2. The van der Waals surface area contributed by atoms with E-state index >= 15 is 0 Å². The van der Waals surface area contributed by atoms with Gasteiger partial charge in [-0.25, -0.2) is 4.68 Å². The number of hydrogen-bond acceptors (Lipinski definition) is 3. The third-order valence-corrected chi connectivity index (χ3v) is 4.48. The molecule has 26 heavy (non-hydrogen) atoms. The number of rotatable bonds is 5. The van der Waals surface area contributed by atoms with E-state index in [1.807, 2.05) is 35.6 Å². The molecule has 0 radical (unpaired) electrons. The summed E-state index contributed by atoms with van der Waals surface area (Å²) in [6.45, 7) is 5.50. The molecule has 0 spiro atoms. The summed E-state index contributed by atoms with van der Waals surface area (Å²) in [6, 6.07) is 10.2. The number of nitrogens with zero attached hydrogens (tertiary/aromatic N) is 5. The van der Waals surface area contributed by atoms with E-state index in [0.717, 1.165) is 17.3 Å². The maximum absolute atomic E-state index is 4.45. The normalized spacial score (nSPS) is 11.6. The van der Waals surface area contributed by atoms with Crippen LogP contribution in [0, 0.1) is 13.8 Å². The second-order valence-corrected chi connectivity index (χ2v) is 6.17. The SMILES string of the molecule is CN=C(NCc1ccc(-n2cccn2)cc1)NCc1c(C)nn(C)c1C. The molecule has 0 atom stereocenters. The highest BCUT2D eigenvalue weighted by atomic mass is 15.3. The van der Waals surface area contributed by atoms with E-state index in [-0.39, 0.29) is 0 Å². The highest BCUT2D eigenvalue weighted by Crippen LogP contribution is 2.11. The van der Waals surface area contributed by atoms with Gasteiger partial charge >= 0.3 is 0 Å². The van der Waals surface area contributed by atoms with Gasteiger partial charge in [-0.15, -0.1) is 0 Å². The lowest BCUT2D eigenvalue weighted by molar-refractivity contribution is 0.728. The maximum Gasteiger partial charge on any atom is 0.191 e. The monoisotopic (exact) mass is 351 g/mol. The first-order valence-corrected chi connectivity index (χ1v) is 8.61.